The highest BCUT2D eigenvalue weighted by atomic mass is 16.5. The van der Waals surface area contributed by atoms with E-state index in [-0.39, 0.29) is 6.04 Å². The molecule has 0 aromatic heterocycles. The van der Waals surface area contributed by atoms with Crippen molar-refractivity contribution in [2.24, 2.45) is 0 Å². The molecule has 1 unspecified atom stereocenters. The van der Waals surface area contributed by atoms with Gasteiger partial charge in [0.25, 0.3) is 0 Å². The lowest BCUT2D eigenvalue weighted by molar-refractivity contribution is 0.294. The average Bonchev–Trinajstić information content (AvgIpc) is 2.75. The van der Waals surface area contributed by atoms with Gasteiger partial charge in [0.15, 0.2) is 0 Å². The van der Waals surface area contributed by atoms with Crippen LogP contribution in [0.2, 0.25) is 0 Å². The van der Waals surface area contributed by atoms with Crippen molar-refractivity contribution < 1.29 is 9.47 Å². The summed E-state index contributed by atoms with van der Waals surface area (Å²) in [5.41, 5.74) is 3.28. The number of hydrogen-bond donors (Lipinski definition) is 0. The van der Waals surface area contributed by atoms with Crippen LogP contribution in [-0.2, 0) is 4.74 Å². The highest BCUT2D eigenvalue weighted by Crippen LogP contribution is 2.26. The van der Waals surface area contributed by atoms with Crippen LogP contribution in [0.15, 0.2) is 84.3 Å². The third-order valence-corrected chi connectivity index (χ3v) is 4.15. The zero-order valence-electron chi connectivity index (χ0n) is 18.8. The smallest absolute Gasteiger partial charge is 0.119 e. The minimum Gasteiger partial charge on any atom is -0.501 e. The lowest BCUT2D eigenvalue weighted by Gasteiger charge is -2.30. The van der Waals surface area contributed by atoms with Crippen molar-refractivity contribution in [1.29, 1.82) is 0 Å². The third-order valence-electron chi connectivity index (χ3n) is 4.15. The fourth-order valence-corrected chi connectivity index (χ4v) is 2.35. The Balaban J connectivity index is 0.00000352. The molecular weight excluding hydrogens is 346 g/mol. The first-order valence-electron chi connectivity index (χ1n) is 9.76. The van der Waals surface area contributed by atoms with Crippen molar-refractivity contribution in [3.63, 3.8) is 0 Å². The zero-order chi connectivity index (χ0) is 21.5. The van der Waals surface area contributed by atoms with E-state index < -0.39 is 0 Å². The van der Waals surface area contributed by atoms with Crippen LogP contribution in [0.4, 0.5) is 5.69 Å². The minimum absolute atomic E-state index is 0.138. The van der Waals surface area contributed by atoms with E-state index in [1.54, 1.807) is 14.2 Å². The number of methoxy groups -OCH3 is 2. The summed E-state index contributed by atoms with van der Waals surface area (Å²) in [5.74, 6) is 1.67. The maximum absolute atomic E-state index is 5.28. The van der Waals surface area contributed by atoms with Crippen LogP contribution in [0.5, 0.6) is 5.75 Å². The van der Waals surface area contributed by atoms with Crippen molar-refractivity contribution in [2.45, 2.75) is 47.6 Å². The minimum atomic E-state index is 0.138. The number of rotatable bonds is 9. The molecule has 1 aromatic rings. The van der Waals surface area contributed by atoms with Crippen LogP contribution in [0.25, 0.3) is 0 Å². The highest BCUT2D eigenvalue weighted by molar-refractivity contribution is 5.58. The van der Waals surface area contributed by atoms with Gasteiger partial charge in [-0.1, -0.05) is 44.2 Å². The number of anilines is 1. The second-order valence-corrected chi connectivity index (χ2v) is 5.98. The zero-order valence-corrected chi connectivity index (χ0v) is 18.8. The Labute approximate surface area is 172 Å². The molecule has 0 amide bonds. The van der Waals surface area contributed by atoms with Crippen LogP contribution in [0, 0.1) is 0 Å². The van der Waals surface area contributed by atoms with Crippen LogP contribution < -0.4 is 9.64 Å². The molecule has 28 heavy (non-hydrogen) atoms. The molecule has 0 radical (unpaired) electrons. The second-order valence-electron chi connectivity index (χ2n) is 5.98. The first kappa shape index (κ1) is 25.3. The van der Waals surface area contributed by atoms with E-state index in [0.717, 1.165) is 22.9 Å². The summed E-state index contributed by atoms with van der Waals surface area (Å²) in [7, 11) is 3.34. The van der Waals surface area contributed by atoms with Gasteiger partial charge in [-0.05, 0) is 70.2 Å². The maximum atomic E-state index is 5.28. The van der Waals surface area contributed by atoms with Gasteiger partial charge in [-0.15, -0.1) is 0 Å². The lowest BCUT2D eigenvalue weighted by Crippen LogP contribution is -2.30. The first-order valence-corrected chi connectivity index (χ1v) is 9.76. The van der Waals surface area contributed by atoms with Gasteiger partial charge in [0, 0.05) is 17.4 Å². The molecule has 0 heterocycles. The normalized spacial score (nSPS) is 13.5. The predicted octanol–water partition coefficient (Wildman–Crippen LogP) is 7.06. The molecule has 3 heteroatoms. The van der Waals surface area contributed by atoms with E-state index >= 15 is 0 Å². The van der Waals surface area contributed by atoms with E-state index in [1.807, 2.05) is 58.1 Å². The Morgan fingerprint density at radius 3 is 2.14 bits per heavy atom. The summed E-state index contributed by atoms with van der Waals surface area (Å²) in [6.07, 6.45) is 12.2. The Kier molecular flexibility index (Phi) is 13.0. The molecule has 0 aliphatic carbocycles. The molecule has 0 fully saturated rings. The maximum Gasteiger partial charge on any atom is 0.119 e. The number of hydrogen-bond acceptors (Lipinski definition) is 3. The number of nitrogens with zero attached hydrogens (tertiary/aromatic N) is 1. The summed E-state index contributed by atoms with van der Waals surface area (Å²) < 4.78 is 10.5. The molecule has 0 bridgehead atoms. The predicted molar refractivity (Wildman–Crippen MR) is 124 cm³/mol. The monoisotopic (exact) mass is 383 g/mol. The van der Waals surface area contributed by atoms with Gasteiger partial charge in [-0.3, -0.25) is 0 Å². The molecule has 154 valence electrons. The lowest BCUT2D eigenvalue weighted by atomic mass is 10.1. The molecular formula is C25H37NO2. The van der Waals surface area contributed by atoms with Crippen LogP contribution in [0.1, 0.15) is 41.5 Å². The van der Waals surface area contributed by atoms with E-state index in [0.29, 0.717) is 0 Å². The van der Waals surface area contributed by atoms with Crippen molar-refractivity contribution in [2.75, 3.05) is 19.1 Å². The summed E-state index contributed by atoms with van der Waals surface area (Å²) >= 11 is 0. The number of allylic oxidation sites excluding steroid dienone is 7. The molecule has 0 N–H and O–H groups in total. The van der Waals surface area contributed by atoms with Crippen molar-refractivity contribution in [3.8, 4) is 5.75 Å². The first-order chi connectivity index (χ1) is 13.5. The second kappa shape index (κ2) is 14.4. The molecule has 0 spiro atoms. The Morgan fingerprint density at radius 1 is 1.07 bits per heavy atom. The summed E-state index contributed by atoms with van der Waals surface area (Å²) in [5, 5.41) is 0. The van der Waals surface area contributed by atoms with E-state index in [2.05, 4.69) is 55.7 Å². The van der Waals surface area contributed by atoms with Crippen molar-refractivity contribution >= 4 is 5.69 Å². The Hall–Kier alpha value is -2.68. The number of benzene rings is 1. The van der Waals surface area contributed by atoms with Gasteiger partial charge in [-0.2, -0.15) is 0 Å². The topological polar surface area (TPSA) is 21.7 Å². The van der Waals surface area contributed by atoms with Crippen molar-refractivity contribution in [3.05, 3.63) is 84.3 Å². The molecule has 3 nitrogen and oxygen atoms in total. The van der Waals surface area contributed by atoms with Gasteiger partial charge in [0.1, 0.15) is 5.75 Å². The van der Waals surface area contributed by atoms with Crippen LogP contribution >= 0.6 is 0 Å². The van der Waals surface area contributed by atoms with Gasteiger partial charge in [-0.25, -0.2) is 0 Å². The molecule has 1 atom stereocenters. The number of ether oxygens (including phenoxy) is 2. The summed E-state index contributed by atoms with van der Waals surface area (Å²) in [6.45, 7) is 16.2. The summed E-state index contributed by atoms with van der Waals surface area (Å²) in [6, 6.07) is 8.17. The van der Waals surface area contributed by atoms with Gasteiger partial charge in [0.2, 0.25) is 0 Å². The Bertz CT molecular complexity index is 694. The van der Waals surface area contributed by atoms with Crippen molar-refractivity contribution in [1.82, 2.24) is 0 Å². The SMILES string of the molecule is C=C/C(=C\C=C(/C)OC)N(c1ccc(OC)cc1)C(C)/C=C\C(C)=C/C.CC. The standard InChI is InChI=1S/C23H31NO2.C2H6/c1-8-18(3)10-11-19(4)24(21(9-2)13-12-20(5)25-6)22-14-16-23(26-7)17-15-22;1-2/h8-17,19H,2H2,1,3-7H3;1-2H3/b11-10-,18-8-,20-12+,21-13+;. The molecule has 0 aliphatic rings. The molecule has 0 saturated heterocycles. The third kappa shape index (κ3) is 8.34. The largest absolute Gasteiger partial charge is 0.501 e. The quantitative estimate of drug-likeness (QED) is 0.336. The molecule has 0 saturated carbocycles. The van der Waals surface area contributed by atoms with Gasteiger partial charge >= 0.3 is 0 Å². The molecule has 1 rings (SSSR count). The fraction of sp³-hybridized carbons (Fsp3) is 0.360. The Morgan fingerprint density at radius 2 is 1.68 bits per heavy atom. The van der Waals surface area contributed by atoms with Gasteiger partial charge in [0.05, 0.1) is 20.0 Å². The van der Waals surface area contributed by atoms with Gasteiger partial charge < -0.3 is 14.4 Å². The summed E-state index contributed by atoms with van der Waals surface area (Å²) in [4.78, 5) is 2.23. The van der Waals surface area contributed by atoms with E-state index in [1.165, 1.54) is 5.57 Å². The fourth-order valence-electron chi connectivity index (χ4n) is 2.35. The van der Waals surface area contributed by atoms with E-state index in [4.69, 9.17) is 9.47 Å². The van der Waals surface area contributed by atoms with Crippen LogP contribution in [0.3, 0.4) is 0 Å². The molecule has 1 aromatic carbocycles. The average molecular weight is 384 g/mol. The highest BCUT2D eigenvalue weighted by Gasteiger charge is 2.15. The molecule has 0 aliphatic heterocycles. The van der Waals surface area contributed by atoms with Crippen LogP contribution in [-0.4, -0.2) is 20.3 Å². The van der Waals surface area contributed by atoms with E-state index in [9.17, 15) is 0 Å².